The average molecular weight is 365 g/mol. The molecule has 0 saturated carbocycles. The number of esters is 1. The Kier molecular flexibility index (Phi) is 4.19. The van der Waals surface area contributed by atoms with Crippen molar-refractivity contribution in [3.63, 3.8) is 0 Å². The van der Waals surface area contributed by atoms with Crippen LogP contribution in [-0.2, 0) is 14.3 Å². The number of rotatable bonds is 4. The second kappa shape index (κ2) is 6.68. The van der Waals surface area contributed by atoms with Crippen molar-refractivity contribution < 1.29 is 28.4 Å². The predicted molar refractivity (Wildman–Crippen MR) is 96.1 cm³/mol. The molecule has 3 amide bonds. The quantitative estimate of drug-likeness (QED) is 0.612. The highest BCUT2D eigenvalue weighted by Gasteiger charge is 2.54. The Morgan fingerprint density at radius 1 is 1.11 bits per heavy atom. The molecule has 0 radical (unpaired) electrons. The summed E-state index contributed by atoms with van der Waals surface area (Å²) in [5, 5.41) is 0. The highest BCUT2D eigenvalue weighted by atomic mass is 16.5. The van der Waals surface area contributed by atoms with Gasteiger partial charge in [-0.1, -0.05) is 30.3 Å². The minimum Gasteiger partial charge on any atom is -0.469 e. The van der Waals surface area contributed by atoms with Crippen molar-refractivity contribution >= 4 is 29.3 Å². The van der Waals surface area contributed by atoms with Gasteiger partial charge in [0, 0.05) is 0 Å². The second-order valence-electron chi connectivity index (χ2n) is 6.06. The van der Waals surface area contributed by atoms with Crippen molar-refractivity contribution in [1.29, 1.82) is 0 Å². The molecule has 2 aliphatic heterocycles. The Labute approximate surface area is 155 Å². The van der Waals surface area contributed by atoms with Crippen LogP contribution < -0.4 is 9.64 Å². The third-order valence-electron chi connectivity index (χ3n) is 4.42. The fraction of sp³-hybridized carbons (Fsp3) is 0.200. The second-order valence-corrected chi connectivity index (χ2v) is 6.06. The van der Waals surface area contributed by atoms with Gasteiger partial charge < -0.3 is 9.47 Å². The van der Waals surface area contributed by atoms with E-state index in [2.05, 4.69) is 0 Å². The van der Waals surface area contributed by atoms with Crippen molar-refractivity contribution in [2.24, 2.45) is 0 Å². The van der Waals surface area contributed by atoms with Gasteiger partial charge in [-0.2, -0.15) is 9.37 Å². The fourth-order valence-corrected chi connectivity index (χ4v) is 3.30. The highest BCUT2D eigenvalue weighted by molar-refractivity contribution is 6.29. The Balaban J connectivity index is 1.85. The summed E-state index contributed by atoms with van der Waals surface area (Å²) in [4.78, 5) is 39.4. The molecule has 0 bridgehead atoms. The summed E-state index contributed by atoms with van der Waals surface area (Å²) in [6.07, 6.45) is -0.991. The molecule has 136 valence electrons. The maximum Gasteiger partial charge on any atom is 0.506 e. The molecular weight excluding hydrogens is 348 g/mol. The zero-order valence-electron chi connectivity index (χ0n) is 14.6. The molecule has 0 fully saturated rings. The maximum absolute atomic E-state index is 13.2. The summed E-state index contributed by atoms with van der Waals surface area (Å²) in [5.41, 5.74) is 1.42. The van der Waals surface area contributed by atoms with E-state index in [0.29, 0.717) is 22.7 Å². The van der Waals surface area contributed by atoms with Crippen LogP contribution in [-0.4, -0.2) is 47.5 Å². The van der Waals surface area contributed by atoms with E-state index < -0.39 is 24.0 Å². The van der Waals surface area contributed by atoms with Crippen LogP contribution in [0, 0.1) is 0 Å². The first-order valence-electron chi connectivity index (χ1n) is 8.61. The monoisotopic (exact) mass is 365 g/mol. The van der Waals surface area contributed by atoms with E-state index >= 15 is 0 Å². The number of hydrogen-bond acceptors (Lipinski definition) is 5. The van der Waals surface area contributed by atoms with Crippen molar-refractivity contribution in [3.05, 3.63) is 60.2 Å². The SMILES string of the molecule is CCOC(=O)C[N+]1=C2c3ccccc3OC2C(=O)N(c2ccccc2)C1=O. The number of carbonyl (C=O) groups excluding carboxylic acids is 3. The van der Waals surface area contributed by atoms with E-state index in [0.717, 1.165) is 4.90 Å². The maximum atomic E-state index is 13.2. The molecule has 4 rings (SSSR count). The summed E-state index contributed by atoms with van der Waals surface area (Å²) in [7, 11) is 0. The normalized spacial score (nSPS) is 18.1. The fourth-order valence-electron chi connectivity index (χ4n) is 3.30. The Morgan fingerprint density at radius 3 is 2.56 bits per heavy atom. The Bertz CT molecular complexity index is 967. The first kappa shape index (κ1) is 17.0. The largest absolute Gasteiger partial charge is 0.506 e. The molecule has 2 heterocycles. The molecule has 2 aliphatic rings. The minimum absolute atomic E-state index is 0.202. The predicted octanol–water partition coefficient (Wildman–Crippen LogP) is 1.98. The molecule has 1 unspecified atom stereocenters. The van der Waals surface area contributed by atoms with Crippen molar-refractivity contribution in [3.8, 4) is 5.75 Å². The molecule has 7 nitrogen and oxygen atoms in total. The summed E-state index contributed by atoms with van der Waals surface area (Å²) >= 11 is 0. The van der Waals surface area contributed by atoms with E-state index in [9.17, 15) is 14.4 Å². The van der Waals surface area contributed by atoms with Gasteiger partial charge in [0.05, 0.1) is 12.2 Å². The van der Waals surface area contributed by atoms with Crippen molar-refractivity contribution in [1.82, 2.24) is 0 Å². The number of anilines is 1. The number of urea groups is 1. The zero-order valence-corrected chi connectivity index (χ0v) is 14.6. The number of amides is 3. The number of imide groups is 1. The zero-order chi connectivity index (χ0) is 19.0. The Hall–Kier alpha value is -3.48. The number of nitrogens with zero attached hydrogens (tertiary/aromatic N) is 2. The van der Waals surface area contributed by atoms with Gasteiger partial charge in [0.25, 0.3) is 6.10 Å². The standard InChI is InChI=1S/C20H17N2O5/c1-2-26-16(23)12-21-17-14-10-6-7-11-15(14)27-18(17)19(24)22(20(21)25)13-8-4-3-5-9-13/h3-11,18H,2,12H2,1H3/q+1. The number of benzene rings is 2. The average Bonchev–Trinajstić information content (AvgIpc) is 3.06. The summed E-state index contributed by atoms with van der Waals surface area (Å²) in [5.74, 6) is -0.538. The summed E-state index contributed by atoms with van der Waals surface area (Å²) < 4.78 is 12.1. The van der Waals surface area contributed by atoms with Gasteiger partial charge in [-0.15, -0.1) is 4.90 Å². The third-order valence-corrected chi connectivity index (χ3v) is 4.42. The molecule has 2 aromatic rings. The lowest BCUT2D eigenvalue weighted by Gasteiger charge is -2.23. The first-order valence-corrected chi connectivity index (χ1v) is 8.61. The van der Waals surface area contributed by atoms with Gasteiger partial charge in [0.15, 0.2) is 12.3 Å². The summed E-state index contributed by atoms with van der Waals surface area (Å²) in [6, 6.07) is 15.0. The van der Waals surface area contributed by atoms with Gasteiger partial charge in [0.2, 0.25) is 0 Å². The van der Waals surface area contributed by atoms with Crippen molar-refractivity contribution in [2.45, 2.75) is 13.0 Å². The van der Waals surface area contributed by atoms with Gasteiger partial charge in [-0.3, -0.25) is 0 Å². The van der Waals surface area contributed by atoms with E-state index in [-0.39, 0.29) is 13.2 Å². The lowest BCUT2D eigenvalue weighted by molar-refractivity contribution is -0.420. The number of fused-ring (bicyclic) bond motifs is 3. The lowest BCUT2D eigenvalue weighted by atomic mass is 10.0. The Morgan fingerprint density at radius 2 is 1.81 bits per heavy atom. The topological polar surface area (TPSA) is 75.9 Å². The smallest absolute Gasteiger partial charge is 0.469 e. The molecule has 1 atom stereocenters. The molecule has 2 aromatic carbocycles. The molecule has 0 N–H and O–H groups in total. The van der Waals surface area contributed by atoms with Crippen LogP contribution in [0.3, 0.4) is 0 Å². The van der Waals surface area contributed by atoms with Crippen LogP contribution in [0.25, 0.3) is 0 Å². The molecule has 0 spiro atoms. The number of hydrogen-bond donors (Lipinski definition) is 0. The lowest BCUT2D eigenvalue weighted by Crippen LogP contribution is -2.58. The van der Waals surface area contributed by atoms with E-state index in [1.165, 1.54) is 4.58 Å². The van der Waals surface area contributed by atoms with Gasteiger partial charge in [-0.05, 0) is 31.2 Å². The van der Waals surface area contributed by atoms with Crippen LogP contribution in [0.4, 0.5) is 10.5 Å². The van der Waals surface area contributed by atoms with Crippen LogP contribution in [0.2, 0.25) is 0 Å². The number of ether oxygens (including phenoxy) is 2. The summed E-state index contributed by atoms with van der Waals surface area (Å²) in [6.45, 7) is 1.60. The van der Waals surface area contributed by atoms with E-state index in [4.69, 9.17) is 9.47 Å². The molecule has 7 heteroatoms. The van der Waals surface area contributed by atoms with Crippen LogP contribution in [0.15, 0.2) is 54.6 Å². The number of carbonyl (C=O) groups is 3. The number of para-hydroxylation sites is 2. The van der Waals surface area contributed by atoms with E-state index in [1.807, 2.05) is 0 Å². The molecule has 0 aliphatic carbocycles. The van der Waals surface area contributed by atoms with Crippen LogP contribution in [0.1, 0.15) is 12.5 Å². The first-order chi connectivity index (χ1) is 13.1. The van der Waals surface area contributed by atoms with E-state index in [1.54, 1.807) is 61.5 Å². The van der Waals surface area contributed by atoms with Crippen LogP contribution in [0.5, 0.6) is 5.75 Å². The van der Waals surface area contributed by atoms with Crippen molar-refractivity contribution in [2.75, 3.05) is 18.1 Å². The van der Waals surface area contributed by atoms with Crippen LogP contribution >= 0.6 is 0 Å². The highest BCUT2D eigenvalue weighted by Crippen LogP contribution is 2.33. The third kappa shape index (κ3) is 2.77. The van der Waals surface area contributed by atoms with Gasteiger partial charge >= 0.3 is 17.9 Å². The minimum atomic E-state index is -0.991. The molecule has 0 aromatic heterocycles. The molecule has 27 heavy (non-hydrogen) atoms. The van der Waals surface area contributed by atoms with Gasteiger partial charge in [0.1, 0.15) is 11.4 Å². The van der Waals surface area contributed by atoms with Gasteiger partial charge in [-0.25, -0.2) is 9.59 Å². The molecular formula is C20H17N2O5+. The molecule has 0 saturated heterocycles.